The number of hydrogen-bond acceptors (Lipinski definition) is 2. The number of rotatable bonds is 2. The second-order valence-electron chi connectivity index (χ2n) is 2.09. The lowest BCUT2D eigenvalue weighted by Crippen LogP contribution is -1.93. The van der Waals surface area contributed by atoms with Crippen LogP contribution in [0, 0.1) is 5.95 Å². The molecule has 0 bridgehead atoms. The van der Waals surface area contributed by atoms with Crippen molar-refractivity contribution in [3.63, 3.8) is 0 Å². The van der Waals surface area contributed by atoms with Crippen molar-refractivity contribution in [2.45, 2.75) is 19.8 Å². The summed E-state index contributed by atoms with van der Waals surface area (Å²) < 4.78 is 12.6. The summed E-state index contributed by atoms with van der Waals surface area (Å²) in [5.74, 6) is -0.392. The van der Waals surface area contributed by atoms with Crippen LogP contribution in [0.25, 0.3) is 0 Å². The first kappa shape index (κ1) is 7.12. The molecule has 0 N–H and O–H groups in total. The molecule has 0 aliphatic heterocycles. The van der Waals surface area contributed by atoms with E-state index >= 15 is 0 Å². The van der Waals surface area contributed by atoms with Crippen molar-refractivity contribution in [3.05, 3.63) is 24.0 Å². The Morgan fingerprint density at radius 1 is 1.60 bits per heavy atom. The van der Waals surface area contributed by atoms with E-state index in [0.29, 0.717) is 12.0 Å². The van der Waals surface area contributed by atoms with Crippen molar-refractivity contribution >= 4 is 0 Å². The monoisotopic (exact) mass is 140 g/mol. The Morgan fingerprint density at radius 2 is 2.40 bits per heavy atom. The molecule has 1 heterocycles. The smallest absolute Gasteiger partial charge is 0.219 e. The van der Waals surface area contributed by atoms with Gasteiger partial charge in [-0.3, -0.25) is 0 Å². The lowest BCUT2D eigenvalue weighted by atomic mass is 10.2. The molecule has 0 aliphatic carbocycles. The predicted octanol–water partition coefficient (Wildman–Crippen LogP) is 1.57. The molecule has 0 aromatic carbocycles. The third-order valence-electron chi connectivity index (χ3n) is 1.25. The fraction of sp³-hybridized carbons (Fsp3) is 0.429. The second-order valence-corrected chi connectivity index (χ2v) is 2.09. The number of hydrogen-bond donors (Lipinski definition) is 0. The van der Waals surface area contributed by atoms with E-state index in [4.69, 9.17) is 0 Å². The summed E-state index contributed by atoms with van der Waals surface area (Å²) in [6.45, 7) is 1.99. The molecule has 10 heavy (non-hydrogen) atoms. The van der Waals surface area contributed by atoms with E-state index < -0.39 is 5.95 Å². The first-order chi connectivity index (χ1) is 4.84. The average molecular weight is 140 g/mol. The molecule has 0 amide bonds. The highest BCUT2D eigenvalue weighted by atomic mass is 19.1. The molecule has 3 heteroatoms. The molecule has 2 nitrogen and oxygen atoms in total. The minimum Gasteiger partial charge on any atom is -0.244 e. The van der Waals surface area contributed by atoms with E-state index in [0.717, 1.165) is 6.42 Å². The summed E-state index contributed by atoms with van der Waals surface area (Å²) >= 11 is 0. The molecule has 0 saturated carbocycles. The van der Waals surface area contributed by atoms with Crippen molar-refractivity contribution in [1.82, 2.24) is 9.97 Å². The normalized spacial score (nSPS) is 9.80. The summed E-state index contributed by atoms with van der Waals surface area (Å²) in [7, 11) is 0. The first-order valence-electron chi connectivity index (χ1n) is 3.29. The van der Waals surface area contributed by atoms with Crippen LogP contribution in [0.2, 0.25) is 0 Å². The fourth-order valence-corrected chi connectivity index (χ4v) is 0.781. The number of halogens is 1. The molecule has 1 rings (SSSR count). The van der Waals surface area contributed by atoms with Gasteiger partial charge in [0.1, 0.15) is 6.33 Å². The average Bonchev–Trinajstić information content (AvgIpc) is 1.94. The van der Waals surface area contributed by atoms with Crippen LogP contribution in [-0.2, 0) is 6.42 Å². The molecule has 54 valence electrons. The zero-order chi connectivity index (χ0) is 7.40. The van der Waals surface area contributed by atoms with Gasteiger partial charge >= 0.3 is 0 Å². The summed E-state index contributed by atoms with van der Waals surface area (Å²) in [6, 6.07) is 0. The van der Waals surface area contributed by atoms with E-state index in [1.54, 1.807) is 0 Å². The minimum atomic E-state index is -0.392. The Morgan fingerprint density at radius 3 is 3.00 bits per heavy atom. The highest BCUT2D eigenvalue weighted by Gasteiger charge is 1.99. The largest absolute Gasteiger partial charge is 0.244 e. The van der Waals surface area contributed by atoms with E-state index in [1.165, 1.54) is 12.5 Å². The molecule has 0 fully saturated rings. The van der Waals surface area contributed by atoms with Crippen LogP contribution in [0.15, 0.2) is 12.5 Å². The van der Waals surface area contributed by atoms with Crippen LogP contribution in [0.5, 0.6) is 0 Å². The summed E-state index contributed by atoms with van der Waals surface area (Å²) in [5.41, 5.74) is 0.602. The van der Waals surface area contributed by atoms with Gasteiger partial charge in [-0.2, -0.15) is 4.39 Å². The van der Waals surface area contributed by atoms with Crippen molar-refractivity contribution < 1.29 is 4.39 Å². The van der Waals surface area contributed by atoms with E-state index in [1.807, 2.05) is 6.92 Å². The number of aromatic nitrogens is 2. The van der Waals surface area contributed by atoms with Gasteiger partial charge in [0.25, 0.3) is 0 Å². The van der Waals surface area contributed by atoms with Crippen molar-refractivity contribution in [2.24, 2.45) is 0 Å². The highest BCUT2D eigenvalue weighted by Crippen LogP contribution is 2.03. The van der Waals surface area contributed by atoms with Crippen molar-refractivity contribution in [1.29, 1.82) is 0 Å². The third kappa shape index (κ3) is 1.50. The SMILES string of the molecule is CCCc1cncnc1F. The number of nitrogens with zero attached hydrogens (tertiary/aromatic N) is 2. The second kappa shape index (κ2) is 3.25. The lowest BCUT2D eigenvalue weighted by Gasteiger charge is -1.95. The van der Waals surface area contributed by atoms with Gasteiger partial charge in [-0.15, -0.1) is 0 Å². The standard InChI is InChI=1S/C7H9FN2/c1-2-3-6-4-9-5-10-7(6)8/h4-5H,2-3H2,1H3. The fourth-order valence-electron chi connectivity index (χ4n) is 0.781. The Bertz CT molecular complexity index is 213. The Kier molecular flexibility index (Phi) is 2.31. The van der Waals surface area contributed by atoms with Crippen LogP contribution in [0.4, 0.5) is 4.39 Å². The Labute approximate surface area is 59.1 Å². The predicted molar refractivity (Wildman–Crippen MR) is 36.0 cm³/mol. The molecule has 1 aromatic rings. The van der Waals surface area contributed by atoms with Gasteiger partial charge in [-0.1, -0.05) is 13.3 Å². The molecule has 0 unspecified atom stereocenters. The topological polar surface area (TPSA) is 25.8 Å². The van der Waals surface area contributed by atoms with Crippen LogP contribution in [0.1, 0.15) is 18.9 Å². The van der Waals surface area contributed by atoms with Gasteiger partial charge in [-0.05, 0) is 6.42 Å². The molecule has 0 radical (unpaired) electrons. The summed E-state index contributed by atoms with van der Waals surface area (Å²) in [6.07, 6.45) is 4.37. The maximum atomic E-state index is 12.6. The zero-order valence-corrected chi connectivity index (χ0v) is 5.84. The van der Waals surface area contributed by atoms with Crippen LogP contribution in [-0.4, -0.2) is 9.97 Å². The third-order valence-corrected chi connectivity index (χ3v) is 1.25. The summed E-state index contributed by atoms with van der Waals surface area (Å²) in [5, 5.41) is 0. The van der Waals surface area contributed by atoms with Crippen LogP contribution in [0.3, 0.4) is 0 Å². The zero-order valence-electron chi connectivity index (χ0n) is 5.84. The molecule has 0 saturated heterocycles. The maximum absolute atomic E-state index is 12.6. The summed E-state index contributed by atoms with van der Waals surface area (Å²) in [4.78, 5) is 7.13. The molecule has 0 atom stereocenters. The Hall–Kier alpha value is -0.990. The number of aryl methyl sites for hydroxylation is 1. The molecular formula is C7H9FN2. The van der Waals surface area contributed by atoms with Gasteiger partial charge < -0.3 is 0 Å². The molecule has 0 aliphatic rings. The van der Waals surface area contributed by atoms with Gasteiger partial charge in [0, 0.05) is 11.8 Å². The van der Waals surface area contributed by atoms with Gasteiger partial charge in [0.05, 0.1) is 0 Å². The Balaban J connectivity index is 2.81. The molecular weight excluding hydrogens is 131 g/mol. The first-order valence-corrected chi connectivity index (χ1v) is 3.29. The quantitative estimate of drug-likeness (QED) is 0.583. The highest BCUT2D eigenvalue weighted by molar-refractivity contribution is 5.04. The van der Waals surface area contributed by atoms with Crippen molar-refractivity contribution in [3.8, 4) is 0 Å². The maximum Gasteiger partial charge on any atom is 0.219 e. The molecule has 1 aromatic heterocycles. The van der Waals surface area contributed by atoms with Crippen LogP contribution >= 0.6 is 0 Å². The van der Waals surface area contributed by atoms with Gasteiger partial charge in [-0.25, -0.2) is 9.97 Å². The molecule has 0 spiro atoms. The van der Waals surface area contributed by atoms with E-state index in [9.17, 15) is 4.39 Å². The van der Waals surface area contributed by atoms with Gasteiger partial charge in [0.2, 0.25) is 5.95 Å². The van der Waals surface area contributed by atoms with Crippen molar-refractivity contribution in [2.75, 3.05) is 0 Å². The van der Waals surface area contributed by atoms with Crippen LogP contribution < -0.4 is 0 Å². The van der Waals surface area contributed by atoms with Gasteiger partial charge in [0.15, 0.2) is 0 Å². The van der Waals surface area contributed by atoms with E-state index in [2.05, 4.69) is 9.97 Å². The minimum absolute atomic E-state index is 0.392. The van der Waals surface area contributed by atoms with E-state index in [-0.39, 0.29) is 0 Å². The lowest BCUT2D eigenvalue weighted by molar-refractivity contribution is 0.559.